The minimum Gasteiger partial charge on any atom is -0.368 e. The molecule has 1 heterocycles. The van der Waals surface area contributed by atoms with Crippen LogP contribution in [0.5, 0.6) is 0 Å². The Morgan fingerprint density at radius 3 is 2.50 bits per heavy atom. The van der Waals surface area contributed by atoms with Gasteiger partial charge in [-0.3, -0.25) is 19.2 Å². The SMILES string of the molecule is CCC(C(=O)NCC(=O)NCC(N)=O)N1CCCC1=O. The fourth-order valence-corrected chi connectivity index (χ4v) is 2.08. The zero-order valence-electron chi connectivity index (χ0n) is 11.5. The molecule has 0 spiro atoms. The van der Waals surface area contributed by atoms with Crippen LogP contribution in [-0.2, 0) is 19.2 Å². The quantitative estimate of drug-likeness (QED) is 0.505. The number of likely N-dealkylation sites (tertiary alicyclic amines) is 1. The summed E-state index contributed by atoms with van der Waals surface area (Å²) < 4.78 is 0. The summed E-state index contributed by atoms with van der Waals surface area (Å²) in [5.41, 5.74) is 4.88. The van der Waals surface area contributed by atoms with E-state index in [4.69, 9.17) is 5.73 Å². The van der Waals surface area contributed by atoms with E-state index < -0.39 is 17.9 Å². The Hall–Kier alpha value is -2.12. The molecule has 0 radical (unpaired) electrons. The lowest BCUT2D eigenvalue weighted by Gasteiger charge is -2.25. The van der Waals surface area contributed by atoms with Crippen molar-refractivity contribution >= 4 is 23.6 Å². The molecule has 1 fully saturated rings. The van der Waals surface area contributed by atoms with Crippen LogP contribution in [0.15, 0.2) is 0 Å². The van der Waals surface area contributed by atoms with Crippen molar-refractivity contribution in [3.8, 4) is 0 Å². The van der Waals surface area contributed by atoms with Gasteiger partial charge in [-0.2, -0.15) is 0 Å². The van der Waals surface area contributed by atoms with Gasteiger partial charge in [0.15, 0.2) is 0 Å². The number of nitrogens with zero attached hydrogens (tertiary/aromatic N) is 1. The Balaban J connectivity index is 2.41. The maximum atomic E-state index is 12.0. The van der Waals surface area contributed by atoms with Crippen LogP contribution in [0.1, 0.15) is 26.2 Å². The fourth-order valence-electron chi connectivity index (χ4n) is 2.08. The van der Waals surface area contributed by atoms with E-state index in [1.165, 1.54) is 4.90 Å². The summed E-state index contributed by atoms with van der Waals surface area (Å²) in [6.07, 6.45) is 1.70. The third kappa shape index (κ3) is 4.52. The summed E-state index contributed by atoms with van der Waals surface area (Å²) in [5.74, 6) is -1.55. The summed E-state index contributed by atoms with van der Waals surface area (Å²) in [5, 5.41) is 4.72. The molecule has 1 rings (SSSR count). The van der Waals surface area contributed by atoms with Gasteiger partial charge in [-0.15, -0.1) is 0 Å². The molecule has 0 aromatic carbocycles. The number of amides is 4. The zero-order valence-corrected chi connectivity index (χ0v) is 11.5. The molecule has 8 nitrogen and oxygen atoms in total. The van der Waals surface area contributed by atoms with E-state index in [0.29, 0.717) is 19.4 Å². The van der Waals surface area contributed by atoms with Gasteiger partial charge in [0.05, 0.1) is 13.1 Å². The lowest BCUT2D eigenvalue weighted by Crippen LogP contribution is -2.49. The highest BCUT2D eigenvalue weighted by Gasteiger charge is 2.31. The van der Waals surface area contributed by atoms with E-state index in [1.54, 1.807) is 0 Å². The van der Waals surface area contributed by atoms with Crippen molar-refractivity contribution in [3.63, 3.8) is 0 Å². The average molecular weight is 284 g/mol. The van der Waals surface area contributed by atoms with Crippen LogP contribution in [0.3, 0.4) is 0 Å². The van der Waals surface area contributed by atoms with E-state index in [2.05, 4.69) is 10.6 Å². The lowest BCUT2D eigenvalue weighted by atomic mass is 10.2. The highest BCUT2D eigenvalue weighted by atomic mass is 16.2. The van der Waals surface area contributed by atoms with Crippen molar-refractivity contribution in [2.75, 3.05) is 19.6 Å². The highest BCUT2D eigenvalue weighted by molar-refractivity contribution is 5.91. The maximum absolute atomic E-state index is 12.0. The molecule has 1 unspecified atom stereocenters. The predicted octanol–water partition coefficient (Wildman–Crippen LogP) is -1.89. The summed E-state index contributed by atoms with van der Waals surface area (Å²) in [4.78, 5) is 46.9. The molecule has 0 aromatic rings. The van der Waals surface area contributed by atoms with E-state index in [9.17, 15) is 19.2 Å². The van der Waals surface area contributed by atoms with Crippen LogP contribution in [0.4, 0.5) is 0 Å². The first-order valence-electron chi connectivity index (χ1n) is 6.58. The second-order valence-electron chi connectivity index (χ2n) is 4.58. The van der Waals surface area contributed by atoms with Crippen molar-refractivity contribution in [3.05, 3.63) is 0 Å². The van der Waals surface area contributed by atoms with Gasteiger partial charge in [-0.25, -0.2) is 0 Å². The minimum absolute atomic E-state index is 0.0369. The molecular weight excluding hydrogens is 264 g/mol. The van der Waals surface area contributed by atoms with E-state index in [-0.39, 0.29) is 24.9 Å². The summed E-state index contributed by atoms with van der Waals surface area (Å²) in [6, 6.07) is -0.547. The van der Waals surface area contributed by atoms with Gasteiger partial charge in [0.25, 0.3) is 0 Å². The smallest absolute Gasteiger partial charge is 0.243 e. The lowest BCUT2D eigenvalue weighted by molar-refractivity contribution is -0.138. The van der Waals surface area contributed by atoms with E-state index >= 15 is 0 Å². The van der Waals surface area contributed by atoms with Gasteiger partial charge in [-0.1, -0.05) is 6.92 Å². The van der Waals surface area contributed by atoms with Crippen LogP contribution in [0.2, 0.25) is 0 Å². The first-order chi connectivity index (χ1) is 9.45. The molecular formula is C12H20N4O4. The van der Waals surface area contributed by atoms with E-state index in [1.807, 2.05) is 6.92 Å². The van der Waals surface area contributed by atoms with Crippen LogP contribution in [0, 0.1) is 0 Å². The van der Waals surface area contributed by atoms with Gasteiger partial charge in [-0.05, 0) is 12.8 Å². The molecule has 0 aromatic heterocycles. The topological polar surface area (TPSA) is 122 Å². The molecule has 1 atom stereocenters. The van der Waals surface area contributed by atoms with Gasteiger partial charge >= 0.3 is 0 Å². The maximum Gasteiger partial charge on any atom is 0.243 e. The Morgan fingerprint density at radius 1 is 1.30 bits per heavy atom. The second-order valence-corrected chi connectivity index (χ2v) is 4.58. The summed E-state index contributed by atoms with van der Waals surface area (Å²) in [6.45, 7) is 1.86. The van der Waals surface area contributed by atoms with Crippen molar-refractivity contribution in [2.45, 2.75) is 32.2 Å². The van der Waals surface area contributed by atoms with Gasteiger partial charge < -0.3 is 21.3 Å². The van der Waals surface area contributed by atoms with Crippen molar-refractivity contribution < 1.29 is 19.2 Å². The van der Waals surface area contributed by atoms with Gasteiger partial charge in [0.2, 0.25) is 23.6 Å². The fraction of sp³-hybridized carbons (Fsp3) is 0.667. The van der Waals surface area contributed by atoms with Crippen LogP contribution in [0.25, 0.3) is 0 Å². The first-order valence-corrected chi connectivity index (χ1v) is 6.58. The normalized spacial score (nSPS) is 15.8. The highest BCUT2D eigenvalue weighted by Crippen LogP contribution is 2.15. The molecule has 1 aliphatic rings. The Kier molecular flexibility index (Phi) is 5.95. The molecule has 1 saturated heterocycles. The van der Waals surface area contributed by atoms with Crippen LogP contribution < -0.4 is 16.4 Å². The molecule has 112 valence electrons. The van der Waals surface area contributed by atoms with E-state index in [0.717, 1.165) is 6.42 Å². The molecule has 4 amide bonds. The number of nitrogens with two attached hydrogens (primary N) is 1. The van der Waals surface area contributed by atoms with Crippen molar-refractivity contribution in [1.29, 1.82) is 0 Å². The van der Waals surface area contributed by atoms with Crippen LogP contribution >= 0.6 is 0 Å². The van der Waals surface area contributed by atoms with Gasteiger partial charge in [0, 0.05) is 13.0 Å². The second kappa shape index (κ2) is 7.46. The van der Waals surface area contributed by atoms with Crippen molar-refractivity contribution in [2.24, 2.45) is 5.73 Å². The molecule has 20 heavy (non-hydrogen) atoms. The monoisotopic (exact) mass is 284 g/mol. The number of primary amides is 1. The zero-order chi connectivity index (χ0) is 15.1. The Labute approximate surface area is 117 Å². The number of carbonyl (C=O) groups is 4. The van der Waals surface area contributed by atoms with Crippen molar-refractivity contribution in [1.82, 2.24) is 15.5 Å². The minimum atomic E-state index is -0.654. The predicted molar refractivity (Wildman–Crippen MR) is 70.2 cm³/mol. The Morgan fingerprint density at radius 2 is 2.00 bits per heavy atom. The van der Waals surface area contributed by atoms with Gasteiger partial charge in [0.1, 0.15) is 6.04 Å². The average Bonchev–Trinajstić information content (AvgIpc) is 2.81. The third-order valence-corrected chi connectivity index (χ3v) is 3.06. The Bertz CT molecular complexity index is 410. The number of carbonyl (C=O) groups excluding carboxylic acids is 4. The third-order valence-electron chi connectivity index (χ3n) is 3.06. The summed E-state index contributed by atoms with van der Waals surface area (Å²) in [7, 11) is 0. The molecule has 0 aliphatic carbocycles. The molecule has 8 heteroatoms. The molecule has 0 bridgehead atoms. The first kappa shape index (κ1) is 15.9. The van der Waals surface area contributed by atoms with Crippen LogP contribution in [-0.4, -0.2) is 54.2 Å². The number of hydrogen-bond donors (Lipinski definition) is 3. The largest absolute Gasteiger partial charge is 0.368 e. The number of hydrogen-bond acceptors (Lipinski definition) is 4. The number of rotatable bonds is 7. The summed E-state index contributed by atoms with van der Waals surface area (Å²) >= 11 is 0. The molecule has 0 saturated carbocycles. The molecule has 1 aliphatic heterocycles. The molecule has 4 N–H and O–H groups in total. The number of nitrogens with one attached hydrogen (secondary N) is 2. The standard InChI is InChI=1S/C12H20N4O4/c1-2-8(16-5-3-4-11(16)19)12(20)15-7-10(18)14-6-9(13)17/h8H,2-7H2,1H3,(H2,13,17)(H,14,18)(H,15,20).